The van der Waals surface area contributed by atoms with Crippen LogP contribution in [0.1, 0.15) is 0 Å². The lowest BCUT2D eigenvalue weighted by Gasteiger charge is -2.01. The fourth-order valence-corrected chi connectivity index (χ4v) is 1.36. The zero-order valence-corrected chi connectivity index (χ0v) is 13.9. The van der Waals surface area contributed by atoms with Crippen LogP contribution in [-0.4, -0.2) is 35.4 Å². The van der Waals surface area contributed by atoms with Gasteiger partial charge in [0.25, 0.3) is 0 Å². The quantitative estimate of drug-likeness (QED) is 0.835. The molecule has 0 bridgehead atoms. The number of aliphatic carboxylic acids is 2. The maximum absolute atomic E-state index is 10.5. The van der Waals surface area contributed by atoms with Crippen molar-refractivity contribution in [1.82, 2.24) is 0 Å². The first-order valence-corrected chi connectivity index (χ1v) is 7.19. The molecule has 5 nitrogen and oxygen atoms in total. The van der Waals surface area contributed by atoms with Crippen LogP contribution in [0, 0.1) is 0 Å². The average molecular weight is 377 g/mol. The molecule has 0 heterocycles. The van der Waals surface area contributed by atoms with Crippen LogP contribution in [0.15, 0.2) is 54.6 Å². The second-order valence-electron chi connectivity index (χ2n) is 3.96. The third-order valence-corrected chi connectivity index (χ3v) is 2.53. The number of carboxylic acids is 2. The summed E-state index contributed by atoms with van der Waals surface area (Å²) in [6.45, 7) is -1.61. The number of carboxylic acid groups (broad SMARTS) is 2. The average Bonchev–Trinajstić information content (AvgIpc) is 2.56. The number of rotatable bonds is 4. The molecule has 2 aromatic rings. The van der Waals surface area contributed by atoms with E-state index in [4.69, 9.17) is 42.9 Å². The Kier molecular flexibility index (Phi) is 11.9. The Morgan fingerprint density at radius 3 is 1.67 bits per heavy atom. The molecular formula is C16H15Cl2FO5. The van der Waals surface area contributed by atoms with E-state index in [0.29, 0.717) is 10.8 Å². The number of ether oxygens (including phenoxy) is 1. The predicted molar refractivity (Wildman–Crippen MR) is 89.6 cm³/mol. The molecule has 0 atom stereocenters. The highest BCUT2D eigenvalue weighted by molar-refractivity contribution is 6.30. The molecule has 2 N–H and O–H groups in total. The molecule has 0 aliphatic rings. The second kappa shape index (κ2) is 13.2. The molecule has 0 amide bonds. The van der Waals surface area contributed by atoms with Crippen LogP contribution in [0.3, 0.4) is 0 Å². The SMILES string of the molecule is Clc1ccccc1.O=C(O)CF.O=C(O)COc1ccc(Cl)cc1. The zero-order chi connectivity index (χ0) is 18.4. The Hall–Kier alpha value is -2.31. The van der Waals surface area contributed by atoms with Gasteiger partial charge in [-0.25, -0.2) is 14.0 Å². The minimum atomic E-state index is -1.41. The Bertz CT molecular complexity index is 606. The van der Waals surface area contributed by atoms with Crippen molar-refractivity contribution < 1.29 is 28.9 Å². The van der Waals surface area contributed by atoms with Crippen LogP contribution in [-0.2, 0) is 9.59 Å². The van der Waals surface area contributed by atoms with Crippen LogP contribution in [0.5, 0.6) is 5.75 Å². The summed E-state index contributed by atoms with van der Waals surface area (Å²) in [4.78, 5) is 19.1. The number of carbonyl (C=O) groups is 2. The second-order valence-corrected chi connectivity index (χ2v) is 4.83. The molecule has 0 aliphatic carbocycles. The summed E-state index contributed by atoms with van der Waals surface area (Å²) in [6.07, 6.45) is 0. The molecule has 8 heteroatoms. The molecule has 2 aromatic carbocycles. The highest BCUT2D eigenvalue weighted by atomic mass is 35.5. The summed E-state index contributed by atoms with van der Waals surface area (Å²) < 4.78 is 15.4. The van der Waals surface area contributed by atoms with Gasteiger partial charge in [0.05, 0.1) is 0 Å². The van der Waals surface area contributed by atoms with E-state index in [1.54, 1.807) is 24.3 Å². The smallest absolute Gasteiger partial charge is 0.341 e. The lowest BCUT2D eigenvalue weighted by Crippen LogP contribution is -2.09. The summed E-state index contributed by atoms with van der Waals surface area (Å²) in [5.74, 6) is -1.91. The Labute approximate surface area is 148 Å². The predicted octanol–water partition coefficient (Wildman–Crippen LogP) is 4.18. The third-order valence-electron chi connectivity index (χ3n) is 2.02. The highest BCUT2D eigenvalue weighted by Crippen LogP contribution is 2.15. The maximum atomic E-state index is 10.5. The summed E-state index contributed by atoms with van der Waals surface area (Å²) in [5.41, 5.74) is 0. The molecule has 0 aliphatic heterocycles. The minimum Gasteiger partial charge on any atom is -0.482 e. The van der Waals surface area contributed by atoms with E-state index in [-0.39, 0.29) is 6.61 Å². The van der Waals surface area contributed by atoms with Crippen molar-refractivity contribution in [1.29, 1.82) is 0 Å². The first kappa shape index (κ1) is 21.7. The molecule has 0 fully saturated rings. The van der Waals surface area contributed by atoms with Gasteiger partial charge in [-0.15, -0.1) is 0 Å². The Balaban J connectivity index is 0.000000373. The van der Waals surface area contributed by atoms with Gasteiger partial charge in [-0.2, -0.15) is 0 Å². The lowest BCUT2D eigenvalue weighted by molar-refractivity contribution is -0.139. The molecule has 130 valence electrons. The van der Waals surface area contributed by atoms with Crippen molar-refractivity contribution in [3.8, 4) is 5.75 Å². The molecular weight excluding hydrogens is 362 g/mol. The number of hydrogen-bond acceptors (Lipinski definition) is 3. The maximum Gasteiger partial charge on any atom is 0.341 e. The summed E-state index contributed by atoms with van der Waals surface area (Å²) in [6, 6.07) is 16.0. The van der Waals surface area contributed by atoms with E-state index < -0.39 is 18.6 Å². The highest BCUT2D eigenvalue weighted by Gasteiger charge is 1.97. The third kappa shape index (κ3) is 13.4. The van der Waals surface area contributed by atoms with E-state index >= 15 is 0 Å². The van der Waals surface area contributed by atoms with E-state index in [1.165, 1.54) is 0 Å². The number of benzene rings is 2. The van der Waals surface area contributed by atoms with Gasteiger partial charge in [-0.1, -0.05) is 41.4 Å². The lowest BCUT2D eigenvalue weighted by atomic mass is 10.3. The van der Waals surface area contributed by atoms with Gasteiger partial charge >= 0.3 is 11.9 Å². The van der Waals surface area contributed by atoms with Crippen LogP contribution in [0.2, 0.25) is 10.0 Å². The molecule has 0 aromatic heterocycles. The Morgan fingerprint density at radius 2 is 1.33 bits per heavy atom. The largest absolute Gasteiger partial charge is 0.482 e. The summed E-state index contributed by atoms with van der Waals surface area (Å²) >= 11 is 11.1. The van der Waals surface area contributed by atoms with Gasteiger partial charge in [0.2, 0.25) is 0 Å². The molecule has 24 heavy (non-hydrogen) atoms. The Morgan fingerprint density at radius 1 is 0.875 bits per heavy atom. The topological polar surface area (TPSA) is 83.8 Å². The van der Waals surface area contributed by atoms with E-state index in [9.17, 15) is 9.18 Å². The zero-order valence-electron chi connectivity index (χ0n) is 12.4. The number of halogens is 3. The van der Waals surface area contributed by atoms with Crippen molar-refractivity contribution in [3.63, 3.8) is 0 Å². The number of alkyl halides is 1. The molecule has 0 unspecified atom stereocenters. The summed E-state index contributed by atoms with van der Waals surface area (Å²) in [7, 11) is 0. The van der Waals surface area contributed by atoms with Gasteiger partial charge in [-0.05, 0) is 36.4 Å². The van der Waals surface area contributed by atoms with Crippen LogP contribution in [0.4, 0.5) is 4.39 Å². The van der Waals surface area contributed by atoms with Crippen LogP contribution in [0.25, 0.3) is 0 Å². The van der Waals surface area contributed by atoms with E-state index in [0.717, 1.165) is 5.02 Å². The minimum absolute atomic E-state index is 0.332. The van der Waals surface area contributed by atoms with Gasteiger partial charge in [0, 0.05) is 10.0 Å². The fourth-order valence-electron chi connectivity index (χ4n) is 1.09. The van der Waals surface area contributed by atoms with E-state index in [1.807, 2.05) is 30.3 Å². The first-order valence-electron chi connectivity index (χ1n) is 6.43. The molecule has 0 saturated heterocycles. The van der Waals surface area contributed by atoms with Crippen LogP contribution >= 0.6 is 23.2 Å². The van der Waals surface area contributed by atoms with Crippen molar-refractivity contribution >= 4 is 35.1 Å². The van der Waals surface area contributed by atoms with Gasteiger partial charge < -0.3 is 14.9 Å². The molecule has 0 spiro atoms. The van der Waals surface area contributed by atoms with Crippen molar-refractivity contribution in [2.24, 2.45) is 0 Å². The molecule has 0 saturated carbocycles. The van der Waals surface area contributed by atoms with Crippen molar-refractivity contribution in [3.05, 3.63) is 64.6 Å². The van der Waals surface area contributed by atoms with Crippen LogP contribution < -0.4 is 4.74 Å². The summed E-state index contributed by atoms with van der Waals surface area (Å²) in [5, 5.41) is 17.0. The van der Waals surface area contributed by atoms with Gasteiger partial charge in [-0.3, -0.25) is 0 Å². The first-order chi connectivity index (χ1) is 11.3. The van der Waals surface area contributed by atoms with Gasteiger partial charge in [0.1, 0.15) is 5.75 Å². The normalized spacial score (nSPS) is 8.79. The molecule has 0 radical (unpaired) electrons. The number of hydrogen-bond donors (Lipinski definition) is 2. The fraction of sp³-hybridized carbons (Fsp3) is 0.125. The monoisotopic (exact) mass is 376 g/mol. The standard InChI is InChI=1S/C8H7ClO3.C6H5Cl.C2H3FO2/c9-6-1-3-7(4-2-6)12-5-8(10)11;7-6-4-2-1-3-5-6;3-1-2(4)5/h1-4H,5H2,(H,10,11);1-5H;1H2,(H,4,5). The van der Waals surface area contributed by atoms with E-state index in [2.05, 4.69) is 0 Å². The molecule has 2 rings (SSSR count). The van der Waals surface area contributed by atoms with Gasteiger partial charge in [0.15, 0.2) is 13.3 Å². The van der Waals surface area contributed by atoms with Crippen molar-refractivity contribution in [2.45, 2.75) is 0 Å². The van der Waals surface area contributed by atoms with Crippen molar-refractivity contribution in [2.75, 3.05) is 13.3 Å².